The molecule has 0 fully saturated rings. The summed E-state index contributed by atoms with van der Waals surface area (Å²) in [4.78, 5) is 17.3. The first-order chi connectivity index (χ1) is 17.3. The molecule has 5 heteroatoms. The van der Waals surface area contributed by atoms with E-state index in [1.807, 2.05) is 54.6 Å². The maximum absolute atomic E-state index is 13.0. The van der Waals surface area contributed by atoms with E-state index in [1.165, 1.54) is 5.56 Å². The zero-order chi connectivity index (χ0) is 23.6. The number of para-hydroxylation sites is 1. The molecule has 0 bridgehead atoms. The molecule has 5 aromatic rings. The predicted octanol–water partition coefficient (Wildman–Crippen LogP) is 6.14. The fraction of sp³-hybridized carbons (Fsp3) is 0.133. The third-order valence-electron chi connectivity index (χ3n) is 6.57. The minimum absolute atomic E-state index is 0.00726. The molecule has 0 aliphatic carbocycles. The van der Waals surface area contributed by atoms with Crippen LogP contribution in [0.4, 0.5) is 5.69 Å². The lowest BCUT2D eigenvalue weighted by atomic mass is 9.88. The van der Waals surface area contributed by atoms with Crippen molar-refractivity contribution >= 4 is 22.5 Å². The van der Waals surface area contributed by atoms with Crippen molar-refractivity contribution in [3.05, 3.63) is 126 Å². The van der Waals surface area contributed by atoms with Gasteiger partial charge in [0.15, 0.2) is 0 Å². The van der Waals surface area contributed by atoms with E-state index in [2.05, 4.69) is 57.5 Å². The first kappa shape index (κ1) is 21.2. The van der Waals surface area contributed by atoms with Crippen LogP contribution in [0.25, 0.3) is 10.9 Å². The van der Waals surface area contributed by atoms with E-state index >= 15 is 0 Å². The van der Waals surface area contributed by atoms with Crippen LogP contribution in [0.2, 0.25) is 0 Å². The number of pyridine rings is 1. The fourth-order valence-electron chi connectivity index (χ4n) is 4.97. The number of rotatable bonds is 6. The number of aromatic nitrogens is 2. The Labute approximate surface area is 204 Å². The largest absolute Gasteiger partial charge is 0.487 e. The maximum Gasteiger partial charge on any atom is 0.225 e. The summed E-state index contributed by atoms with van der Waals surface area (Å²) in [5, 5.41) is 4.23. The summed E-state index contributed by atoms with van der Waals surface area (Å²) < 4.78 is 8.52. The number of benzene rings is 3. The molecule has 1 N–H and O–H groups in total. The molecule has 1 aliphatic heterocycles. The van der Waals surface area contributed by atoms with Crippen LogP contribution in [0.5, 0.6) is 5.75 Å². The fourth-order valence-corrected chi connectivity index (χ4v) is 4.97. The Morgan fingerprint density at radius 3 is 2.57 bits per heavy atom. The van der Waals surface area contributed by atoms with E-state index < -0.39 is 0 Å². The Balaban J connectivity index is 1.44. The predicted molar refractivity (Wildman–Crippen MR) is 138 cm³/mol. The number of hydrogen-bond acceptors (Lipinski definition) is 3. The first-order valence-electron chi connectivity index (χ1n) is 11.8. The minimum atomic E-state index is -0.127. The number of nitrogens with one attached hydrogen (secondary N) is 1. The van der Waals surface area contributed by atoms with Gasteiger partial charge in [0.1, 0.15) is 12.4 Å². The van der Waals surface area contributed by atoms with E-state index in [0.717, 1.165) is 45.7 Å². The molecule has 172 valence electrons. The molecule has 35 heavy (non-hydrogen) atoms. The van der Waals surface area contributed by atoms with Crippen molar-refractivity contribution in [2.45, 2.75) is 25.5 Å². The monoisotopic (exact) mass is 459 g/mol. The number of ether oxygens (including phenoxy) is 1. The van der Waals surface area contributed by atoms with E-state index in [1.54, 1.807) is 6.20 Å². The van der Waals surface area contributed by atoms with Gasteiger partial charge < -0.3 is 14.6 Å². The van der Waals surface area contributed by atoms with E-state index in [4.69, 9.17) is 4.74 Å². The summed E-state index contributed by atoms with van der Waals surface area (Å²) in [7, 11) is 0. The summed E-state index contributed by atoms with van der Waals surface area (Å²) in [6.45, 7) is 1.14. The summed E-state index contributed by atoms with van der Waals surface area (Å²) in [5.74, 6) is 0.658. The van der Waals surface area contributed by atoms with Gasteiger partial charge in [0.25, 0.3) is 0 Å². The second-order valence-electron chi connectivity index (χ2n) is 8.85. The summed E-state index contributed by atoms with van der Waals surface area (Å²) in [5.41, 5.74) is 6.22. The Morgan fingerprint density at radius 2 is 1.71 bits per heavy atom. The number of amides is 1. The van der Waals surface area contributed by atoms with Gasteiger partial charge in [-0.25, -0.2) is 0 Å². The lowest BCUT2D eigenvalue weighted by molar-refractivity contribution is -0.116. The van der Waals surface area contributed by atoms with Crippen molar-refractivity contribution in [2.75, 3.05) is 5.32 Å². The van der Waals surface area contributed by atoms with Gasteiger partial charge in [-0.3, -0.25) is 9.78 Å². The summed E-state index contributed by atoms with van der Waals surface area (Å²) in [6, 6.07) is 30.4. The van der Waals surface area contributed by atoms with E-state index in [-0.39, 0.29) is 11.8 Å². The lowest BCUT2D eigenvalue weighted by Crippen LogP contribution is -2.14. The molecular weight excluding hydrogens is 434 g/mol. The number of nitrogens with zero attached hydrogens (tertiary/aromatic N) is 2. The summed E-state index contributed by atoms with van der Waals surface area (Å²) in [6.07, 6.45) is 4.33. The van der Waals surface area contributed by atoms with Crippen molar-refractivity contribution in [2.24, 2.45) is 0 Å². The Morgan fingerprint density at radius 1 is 0.886 bits per heavy atom. The topological polar surface area (TPSA) is 56.1 Å². The molecule has 1 aliphatic rings. The zero-order valence-electron chi connectivity index (χ0n) is 19.2. The lowest BCUT2D eigenvalue weighted by Gasteiger charge is -2.19. The smallest absolute Gasteiger partial charge is 0.225 e. The number of carbonyl (C=O) groups is 1. The average molecular weight is 460 g/mol. The van der Waals surface area contributed by atoms with Crippen LogP contribution in [0.15, 0.2) is 103 Å². The second-order valence-corrected chi connectivity index (χ2v) is 8.85. The van der Waals surface area contributed by atoms with Gasteiger partial charge in [-0.1, -0.05) is 60.7 Å². The molecule has 0 saturated carbocycles. The maximum atomic E-state index is 13.0. The molecule has 1 atom stereocenters. The Hall–Kier alpha value is -4.38. The third kappa shape index (κ3) is 4.17. The molecule has 2 aromatic heterocycles. The van der Waals surface area contributed by atoms with Crippen LogP contribution in [-0.4, -0.2) is 15.5 Å². The van der Waals surface area contributed by atoms with Crippen molar-refractivity contribution in [1.29, 1.82) is 0 Å². The van der Waals surface area contributed by atoms with E-state index in [9.17, 15) is 4.79 Å². The van der Waals surface area contributed by atoms with Crippen molar-refractivity contribution in [3.8, 4) is 5.75 Å². The quantitative estimate of drug-likeness (QED) is 0.332. The molecule has 5 nitrogen and oxygen atoms in total. The number of anilines is 1. The van der Waals surface area contributed by atoms with Gasteiger partial charge in [0.2, 0.25) is 5.91 Å². The first-order valence-corrected chi connectivity index (χ1v) is 11.8. The summed E-state index contributed by atoms with van der Waals surface area (Å²) >= 11 is 0. The molecule has 0 unspecified atom stereocenters. The Kier molecular flexibility index (Phi) is 5.51. The SMILES string of the molecule is O=C1C[C@@H](c2ccccc2OCc2ccccn2)c2cn(Cc3ccccc3)c3cccc(c23)N1. The Bertz CT molecular complexity index is 1490. The van der Waals surface area contributed by atoms with Crippen LogP contribution in [0.3, 0.4) is 0 Å². The average Bonchev–Trinajstić information content (AvgIpc) is 3.19. The van der Waals surface area contributed by atoms with Gasteiger partial charge in [-0.2, -0.15) is 0 Å². The highest BCUT2D eigenvalue weighted by Gasteiger charge is 2.29. The van der Waals surface area contributed by atoms with Crippen LogP contribution >= 0.6 is 0 Å². The van der Waals surface area contributed by atoms with Gasteiger partial charge in [0, 0.05) is 42.2 Å². The molecule has 0 radical (unpaired) electrons. The van der Waals surface area contributed by atoms with Crippen molar-refractivity contribution < 1.29 is 9.53 Å². The molecule has 6 rings (SSSR count). The van der Waals surface area contributed by atoms with Crippen LogP contribution in [0, 0.1) is 0 Å². The molecule has 0 saturated heterocycles. The zero-order valence-corrected chi connectivity index (χ0v) is 19.2. The number of carbonyl (C=O) groups excluding carboxylic acids is 1. The molecule has 3 heterocycles. The van der Waals surface area contributed by atoms with Crippen LogP contribution < -0.4 is 10.1 Å². The number of hydrogen-bond donors (Lipinski definition) is 1. The van der Waals surface area contributed by atoms with Gasteiger partial charge in [0.05, 0.1) is 16.9 Å². The highest BCUT2D eigenvalue weighted by atomic mass is 16.5. The molecular formula is C30H25N3O2. The minimum Gasteiger partial charge on any atom is -0.487 e. The van der Waals surface area contributed by atoms with Gasteiger partial charge in [-0.05, 0) is 41.5 Å². The van der Waals surface area contributed by atoms with Gasteiger partial charge in [-0.15, -0.1) is 0 Å². The standard InChI is InChI=1S/C30H25N3O2/c34-29-17-24(23-12-4-5-15-28(23)35-20-22-11-6-7-16-31-22)25-19-33(18-21-9-2-1-3-10-21)27-14-8-13-26(32-29)30(25)27/h1-16,19,24H,17-18,20H2,(H,32,34)/t24-/m0/s1. The highest BCUT2D eigenvalue weighted by molar-refractivity contribution is 6.06. The molecule has 0 spiro atoms. The molecule has 3 aromatic carbocycles. The third-order valence-corrected chi connectivity index (χ3v) is 6.57. The van der Waals surface area contributed by atoms with Gasteiger partial charge >= 0.3 is 0 Å². The van der Waals surface area contributed by atoms with Crippen LogP contribution in [-0.2, 0) is 17.9 Å². The van der Waals surface area contributed by atoms with E-state index in [0.29, 0.717) is 13.0 Å². The normalized spacial score (nSPS) is 15.0. The van der Waals surface area contributed by atoms with Crippen molar-refractivity contribution in [1.82, 2.24) is 9.55 Å². The molecule has 1 amide bonds. The highest BCUT2D eigenvalue weighted by Crippen LogP contribution is 2.43. The second kappa shape index (κ2) is 9.11. The van der Waals surface area contributed by atoms with Crippen molar-refractivity contribution in [3.63, 3.8) is 0 Å². The van der Waals surface area contributed by atoms with Crippen LogP contribution in [0.1, 0.15) is 34.7 Å².